The van der Waals surface area contributed by atoms with Crippen LogP contribution in [0.4, 0.5) is 0 Å². The van der Waals surface area contributed by atoms with Gasteiger partial charge in [0.05, 0.1) is 5.52 Å². The second kappa shape index (κ2) is 5.25. The first-order chi connectivity index (χ1) is 9.72. The van der Waals surface area contributed by atoms with E-state index in [4.69, 9.17) is 0 Å². The molecule has 2 heteroatoms. The highest BCUT2D eigenvalue weighted by Gasteiger charge is 2.03. The number of aromatic nitrogens is 1. The Balaban J connectivity index is 1.92. The second-order valence-electron chi connectivity index (χ2n) is 4.93. The maximum atomic E-state index is 11.4. The van der Waals surface area contributed by atoms with Gasteiger partial charge in [-0.3, -0.25) is 9.78 Å². The number of nitrogens with zero attached hydrogens (tertiary/aromatic N) is 1. The predicted octanol–water partition coefficient (Wildman–Crippen LogP) is 4.03. The van der Waals surface area contributed by atoms with E-state index in [0.717, 1.165) is 34.1 Å². The number of hydrogen-bond acceptors (Lipinski definition) is 2. The van der Waals surface area contributed by atoms with Crippen LogP contribution in [-0.2, 0) is 6.42 Å². The first-order valence-electron chi connectivity index (χ1n) is 6.67. The molecule has 0 radical (unpaired) electrons. The second-order valence-corrected chi connectivity index (χ2v) is 4.93. The van der Waals surface area contributed by atoms with Gasteiger partial charge in [-0.1, -0.05) is 42.5 Å². The van der Waals surface area contributed by atoms with E-state index in [-0.39, 0.29) is 5.78 Å². The van der Waals surface area contributed by atoms with Crippen molar-refractivity contribution in [2.75, 3.05) is 0 Å². The topological polar surface area (TPSA) is 30.0 Å². The SMILES string of the molecule is CC(=O)c1cccc(Cc2ccc3ccccc3n2)c1. The van der Waals surface area contributed by atoms with Gasteiger partial charge in [0.25, 0.3) is 0 Å². The van der Waals surface area contributed by atoms with E-state index in [9.17, 15) is 4.79 Å². The van der Waals surface area contributed by atoms with E-state index in [1.54, 1.807) is 6.92 Å². The number of pyridine rings is 1. The van der Waals surface area contributed by atoms with E-state index in [1.807, 2.05) is 48.5 Å². The van der Waals surface area contributed by atoms with E-state index in [1.165, 1.54) is 0 Å². The molecule has 0 unspecified atom stereocenters. The summed E-state index contributed by atoms with van der Waals surface area (Å²) in [6.45, 7) is 1.59. The minimum absolute atomic E-state index is 0.0957. The lowest BCUT2D eigenvalue weighted by molar-refractivity contribution is 0.101. The number of carbonyl (C=O) groups is 1. The third kappa shape index (κ3) is 2.59. The molecule has 0 aliphatic carbocycles. The van der Waals surface area contributed by atoms with E-state index in [0.29, 0.717) is 0 Å². The van der Waals surface area contributed by atoms with Gasteiger partial charge in [0, 0.05) is 23.1 Å². The van der Waals surface area contributed by atoms with Crippen molar-refractivity contribution in [2.24, 2.45) is 0 Å². The highest BCUT2D eigenvalue weighted by atomic mass is 16.1. The van der Waals surface area contributed by atoms with E-state index in [2.05, 4.69) is 17.1 Å². The summed E-state index contributed by atoms with van der Waals surface area (Å²) in [5, 5.41) is 1.15. The number of Topliss-reactive ketones (excluding diaryl/α,β-unsaturated/α-hetero) is 1. The van der Waals surface area contributed by atoms with Crippen LogP contribution >= 0.6 is 0 Å². The summed E-state index contributed by atoms with van der Waals surface area (Å²) >= 11 is 0. The minimum atomic E-state index is 0.0957. The van der Waals surface area contributed by atoms with Crippen LogP contribution < -0.4 is 0 Å². The number of fused-ring (bicyclic) bond motifs is 1. The first-order valence-corrected chi connectivity index (χ1v) is 6.67. The van der Waals surface area contributed by atoms with Crippen LogP contribution in [0, 0.1) is 0 Å². The van der Waals surface area contributed by atoms with Crippen molar-refractivity contribution in [3.63, 3.8) is 0 Å². The maximum absolute atomic E-state index is 11.4. The molecule has 0 saturated heterocycles. The molecule has 0 amide bonds. The molecule has 3 aromatic rings. The first kappa shape index (κ1) is 12.5. The number of rotatable bonds is 3. The van der Waals surface area contributed by atoms with Crippen molar-refractivity contribution in [1.82, 2.24) is 4.98 Å². The number of ketones is 1. The summed E-state index contributed by atoms with van der Waals surface area (Å²) in [7, 11) is 0. The van der Waals surface area contributed by atoms with Gasteiger partial charge >= 0.3 is 0 Å². The molecule has 0 spiro atoms. The molecule has 98 valence electrons. The van der Waals surface area contributed by atoms with Crippen molar-refractivity contribution in [1.29, 1.82) is 0 Å². The lowest BCUT2D eigenvalue weighted by Crippen LogP contribution is -1.96. The molecule has 0 saturated carbocycles. The van der Waals surface area contributed by atoms with Crippen molar-refractivity contribution in [3.05, 3.63) is 77.5 Å². The molecule has 1 heterocycles. The number of benzene rings is 2. The average Bonchev–Trinajstić information content (AvgIpc) is 2.47. The van der Waals surface area contributed by atoms with Crippen molar-refractivity contribution < 1.29 is 4.79 Å². The van der Waals surface area contributed by atoms with Crippen molar-refractivity contribution in [3.8, 4) is 0 Å². The van der Waals surface area contributed by atoms with Crippen LogP contribution in [0.2, 0.25) is 0 Å². The molecule has 0 aliphatic heterocycles. The molecule has 2 aromatic carbocycles. The van der Waals surface area contributed by atoms with Gasteiger partial charge < -0.3 is 0 Å². The molecule has 0 bridgehead atoms. The molecular formula is C18H15NO. The standard InChI is InChI=1S/C18H15NO/c1-13(20)16-7-4-5-14(11-16)12-17-10-9-15-6-2-3-8-18(15)19-17/h2-11H,12H2,1H3. The Hall–Kier alpha value is -2.48. The third-order valence-electron chi connectivity index (χ3n) is 3.37. The van der Waals surface area contributed by atoms with Crippen molar-refractivity contribution in [2.45, 2.75) is 13.3 Å². The zero-order valence-electron chi connectivity index (χ0n) is 11.3. The fourth-order valence-electron chi connectivity index (χ4n) is 2.32. The average molecular weight is 261 g/mol. The Kier molecular flexibility index (Phi) is 3.30. The lowest BCUT2D eigenvalue weighted by Gasteiger charge is -2.05. The number of para-hydroxylation sites is 1. The zero-order valence-corrected chi connectivity index (χ0v) is 11.3. The van der Waals surface area contributed by atoms with E-state index < -0.39 is 0 Å². The highest BCUT2D eigenvalue weighted by molar-refractivity contribution is 5.94. The molecule has 1 aromatic heterocycles. The van der Waals surface area contributed by atoms with Gasteiger partial charge in [-0.05, 0) is 30.7 Å². The maximum Gasteiger partial charge on any atom is 0.159 e. The Labute approximate surface area is 118 Å². The molecule has 0 atom stereocenters. The quantitative estimate of drug-likeness (QED) is 0.666. The van der Waals surface area contributed by atoms with Crippen molar-refractivity contribution >= 4 is 16.7 Å². The van der Waals surface area contributed by atoms with Crippen LogP contribution in [0.1, 0.15) is 28.5 Å². The Morgan fingerprint density at radius 1 is 1.00 bits per heavy atom. The molecule has 20 heavy (non-hydrogen) atoms. The number of hydrogen-bond donors (Lipinski definition) is 0. The number of carbonyl (C=O) groups excluding carboxylic acids is 1. The lowest BCUT2D eigenvalue weighted by atomic mass is 10.0. The van der Waals surface area contributed by atoms with Gasteiger partial charge in [-0.2, -0.15) is 0 Å². The van der Waals surface area contributed by atoms with Crippen LogP contribution in [0.15, 0.2) is 60.7 Å². The van der Waals surface area contributed by atoms with Gasteiger partial charge in [-0.25, -0.2) is 0 Å². The summed E-state index contributed by atoms with van der Waals surface area (Å²) in [5.41, 5.74) is 3.89. The van der Waals surface area contributed by atoms with Crippen LogP contribution in [-0.4, -0.2) is 10.8 Å². The molecule has 0 fully saturated rings. The summed E-state index contributed by atoms with van der Waals surface area (Å²) in [4.78, 5) is 16.1. The van der Waals surface area contributed by atoms with Gasteiger partial charge in [-0.15, -0.1) is 0 Å². The third-order valence-corrected chi connectivity index (χ3v) is 3.37. The summed E-state index contributed by atoms with van der Waals surface area (Å²) in [5.74, 6) is 0.0957. The Bertz CT molecular complexity index is 777. The van der Waals surface area contributed by atoms with Gasteiger partial charge in [0.2, 0.25) is 0 Å². The molecular weight excluding hydrogens is 246 g/mol. The van der Waals surface area contributed by atoms with Crippen LogP contribution in [0.25, 0.3) is 10.9 Å². The monoisotopic (exact) mass is 261 g/mol. The fourth-order valence-corrected chi connectivity index (χ4v) is 2.32. The molecule has 0 aliphatic rings. The highest BCUT2D eigenvalue weighted by Crippen LogP contribution is 2.15. The Morgan fingerprint density at radius 3 is 2.70 bits per heavy atom. The molecule has 0 N–H and O–H groups in total. The summed E-state index contributed by atoms with van der Waals surface area (Å²) < 4.78 is 0. The van der Waals surface area contributed by atoms with Crippen LogP contribution in [0.5, 0.6) is 0 Å². The predicted molar refractivity (Wildman–Crippen MR) is 81.0 cm³/mol. The summed E-state index contributed by atoms with van der Waals surface area (Å²) in [6, 6.07) is 20.0. The summed E-state index contributed by atoms with van der Waals surface area (Å²) in [6.07, 6.45) is 0.742. The van der Waals surface area contributed by atoms with E-state index >= 15 is 0 Å². The smallest absolute Gasteiger partial charge is 0.159 e. The molecule has 3 rings (SSSR count). The fraction of sp³-hybridized carbons (Fsp3) is 0.111. The molecule has 2 nitrogen and oxygen atoms in total. The van der Waals surface area contributed by atoms with Gasteiger partial charge in [0.15, 0.2) is 5.78 Å². The zero-order chi connectivity index (χ0) is 13.9. The normalized spacial score (nSPS) is 10.7. The van der Waals surface area contributed by atoms with Gasteiger partial charge in [0.1, 0.15) is 0 Å². The van der Waals surface area contributed by atoms with Crippen LogP contribution in [0.3, 0.4) is 0 Å². The Morgan fingerprint density at radius 2 is 1.85 bits per heavy atom. The largest absolute Gasteiger partial charge is 0.295 e. The minimum Gasteiger partial charge on any atom is -0.295 e.